The molecule has 0 radical (unpaired) electrons. The van der Waals surface area contributed by atoms with Gasteiger partial charge in [0.25, 0.3) is 0 Å². The molecule has 0 saturated carbocycles. The molecule has 0 N–H and O–H groups in total. The van der Waals surface area contributed by atoms with Gasteiger partial charge >= 0.3 is 0 Å². The normalized spacial score (nSPS) is 10.6. The molecule has 0 aliphatic carbocycles. The molecule has 11 aromatic carbocycles. The van der Waals surface area contributed by atoms with Crippen molar-refractivity contribution in [3.8, 4) is 124 Å². The molecule has 0 saturated heterocycles. The molecule has 15 rings (SSSR count). The molecule has 452 valence electrons. The van der Waals surface area contributed by atoms with Crippen molar-refractivity contribution in [3.05, 3.63) is 352 Å². The zero-order valence-corrected chi connectivity index (χ0v) is 56.6. The number of rotatable bonds is 11. The molecule has 0 amide bonds. The fourth-order valence-corrected chi connectivity index (χ4v) is 11.2. The Balaban J connectivity index is 0.000000121. The fourth-order valence-electron chi connectivity index (χ4n) is 9.91. The minimum absolute atomic E-state index is 0.667. The first-order chi connectivity index (χ1) is 46.2. The van der Waals surface area contributed by atoms with Gasteiger partial charge in [-0.1, -0.05) is 325 Å². The van der Waals surface area contributed by atoms with Gasteiger partial charge in [-0.05, 0) is 66.2 Å². The van der Waals surface area contributed by atoms with Crippen LogP contribution in [-0.4, -0.2) is 44.9 Å². The van der Waals surface area contributed by atoms with Crippen LogP contribution in [0.25, 0.3) is 124 Å². The number of hydrogen-bond acceptors (Lipinski definition) is 9. The minimum Gasteiger partial charge on any atom is -0.237 e. The van der Waals surface area contributed by atoms with E-state index in [1.165, 1.54) is 0 Å². The highest BCUT2D eigenvalue weighted by Gasteiger charge is 2.16. The van der Waals surface area contributed by atoms with Crippen molar-refractivity contribution in [1.82, 2.24) is 44.9 Å². The molecule has 0 unspecified atom stereocenters. The van der Waals surface area contributed by atoms with Crippen LogP contribution >= 0.6 is 63.7 Å². The third-order valence-electron chi connectivity index (χ3n) is 14.6. The van der Waals surface area contributed by atoms with Gasteiger partial charge in [-0.3, -0.25) is 0 Å². The summed E-state index contributed by atoms with van der Waals surface area (Å²) in [6.45, 7) is 0. The van der Waals surface area contributed by atoms with E-state index in [0.29, 0.717) is 17.5 Å². The zero-order chi connectivity index (χ0) is 64.3. The highest BCUT2D eigenvalue weighted by atomic mass is 79.9. The predicted octanol–water partition coefficient (Wildman–Crippen LogP) is 22.7. The molecule has 13 heteroatoms. The van der Waals surface area contributed by atoms with E-state index in [9.17, 15) is 0 Å². The Kier molecular flexibility index (Phi) is 21.5. The maximum absolute atomic E-state index is 4.89. The zero-order valence-electron chi connectivity index (χ0n) is 50.3. The van der Waals surface area contributed by atoms with E-state index in [4.69, 9.17) is 24.9 Å². The second-order valence-corrected chi connectivity index (χ2v) is 24.7. The van der Waals surface area contributed by atoms with Crippen LogP contribution in [0.5, 0.6) is 0 Å². The van der Waals surface area contributed by atoms with Gasteiger partial charge in [0.2, 0.25) is 0 Å². The Morgan fingerprint density at radius 1 is 0.191 bits per heavy atom. The summed E-state index contributed by atoms with van der Waals surface area (Å²) in [6, 6.07) is 107. The lowest BCUT2D eigenvalue weighted by Gasteiger charge is -2.11. The first kappa shape index (κ1) is 63.7. The number of nitrogens with zero attached hydrogens (tertiary/aromatic N) is 9. The van der Waals surface area contributed by atoms with Crippen molar-refractivity contribution in [2.45, 2.75) is 0 Å². The summed E-state index contributed by atoms with van der Waals surface area (Å²) in [5.41, 5.74) is 16.1. The van der Waals surface area contributed by atoms with Crippen LogP contribution in [0.2, 0.25) is 0 Å². The third-order valence-corrected chi connectivity index (χ3v) is 16.6. The molecule has 0 fully saturated rings. The molecule has 15 aromatic rings. The maximum atomic E-state index is 4.89. The van der Waals surface area contributed by atoms with Crippen LogP contribution in [0.15, 0.2) is 352 Å². The fraction of sp³-hybridized carbons (Fsp3) is 0. The van der Waals surface area contributed by atoms with Gasteiger partial charge in [0.1, 0.15) is 0 Å². The standard InChI is InChI=1S/2C22H15BrN2.C21H14BrN3.C16H11BrN2/c23-19-13-7-12-18(14-19)21-15-20(16-8-3-1-4-9-16)24-22(25-21)17-10-5-2-6-11-17;23-19-13-11-16(12-14-19)20-15-24-22(18-9-5-2-6-10-18)25-21(20)17-7-3-1-4-8-17;22-18-13-11-17(12-14-18)21-24-19(15-7-3-1-4-8-15)23-20(25-21)16-9-5-2-6-10-16;17-14-8-4-7-13(11-14)16-18-10-9-15(19-16)12-5-2-1-3-6-12/h2*1-15H;1-14H;1-11H. The van der Waals surface area contributed by atoms with E-state index >= 15 is 0 Å². The Bertz CT molecular complexity index is 4800. The monoisotopic (exact) mass is 1470 g/mol. The summed E-state index contributed by atoms with van der Waals surface area (Å²) in [5.74, 6) is 4.22. The van der Waals surface area contributed by atoms with Crippen molar-refractivity contribution >= 4 is 63.7 Å². The summed E-state index contributed by atoms with van der Waals surface area (Å²) in [7, 11) is 0. The van der Waals surface area contributed by atoms with Gasteiger partial charge < -0.3 is 0 Å². The molecule has 0 aliphatic rings. The second kappa shape index (κ2) is 31.8. The molecular weight excluding hydrogens is 1420 g/mol. The lowest BCUT2D eigenvalue weighted by atomic mass is 10.0. The van der Waals surface area contributed by atoms with Gasteiger partial charge in [0.05, 0.1) is 22.8 Å². The highest BCUT2D eigenvalue weighted by Crippen LogP contribution is 2.34. The Labute approximate surface area is 580 Å². The first-order valence-electron chi connectivity index (χ1n) is 30.0. The van der Waals surface area contributed by atoms with E-state index in [-0.39, 0.29) is 0 Å². The molecular formula is C81H55Br4N9. The smallest absolute Gasteiger partial charge is 0.164 e. The maximum Gasteiger partial charge on any atom is 0.164 e. The third kappa shape index (κ3) is 17.0. The number of aromatic nitrogens is 9. The van der Waals surface area contributed by atoms with Gasteiger partial charge in [0, 0.05) is 91.5 Å². The Hall–Kier alpha value is -10.4. The van der Waals surface area contributed by atoms with Crippen LogP contribution in [-0.2, 0) is 0 Å². The van der Waals surface area contributed by atoms with Crippen molar-refractivity contribution in [2.75, 3.05) is 0 Å². The van der Waals surface area contributed by atoms with Crippen molar-refractivity contribution < 1.29 is 0 Å². The largest absolute Gasteiger partial charge is 0.237 e. The van der Waals surface area contributed by atoms with Gasteiger partial charge in [-0.15, -0.1) is 0 Å². The first-order valence-corrected chi connectivity index (χ1v) is 33.2. The van der Waals surface area contributed by atoms with Gasteiger partial charge in [0.15, 0.2) is 34.9 Å². The average molecular weight is 1470 g/mol. The molecule has 4 heterocycles. The summed E-state index contributed by atoms with van der Waals surface area (Å²) >= 11 is 14.0. The van der Waals surface area contributed by atoms with Gasteiger partial charge in [-0.2, -0.15) is 0 Å². The van der Waals surface area contributed by atoms with Crippen LogP contribution < -0.4 is 0 Å². The van der Waals surface area contributed by atoms with E-state index in [0.717, 1.165) is 125 Å². The topological polar surface area (TPSA) is 116 Å². The summed E-state index contributed by atoms with van der Waals surface area (Å²) < 4.78 is 4.14. The molecule has 0 bridgehead atoms. The predicted molar refractivity (Wildman–Crippen MR) is 397 cm³/mol. The summed E-state index contributed by atoms with van der Waals surface area (Å²) in [6.07, 6.45) is 3.71. The molecule has 0 atom stereocenters. The minimum atomic E-state index is 0.667. The Morgan fingerprint density at radius 2 is 0.521 bits per heavy atom. The highest BCUT2D eigenvalue weighted by molar-refractivity contribution is 9.11. The molecule has 9 nitrogen and oxygen atoms in total. The summed E-state index contributed by atoms with van der Waals surface area (Å²) in [5, 5.41) is 0. The van der Waals surface area contributed by atoms with Crippen LogP contribution in [0.1, 0.15) is 0 Å². The summed E-state index contributed by atoms with van der Waals surface area (Å²) in [4.78, 5) is 42.1. The second-order valence-electron chi connectivity index (χ2n) is 21.1. The average Bonchev–Trinajstić information content (AvgIpc) is 0.941. The number of halogens is 4. The van der Waals surface area contributed by atoms with Crippen molar-refractivity contribution in [1.29, 1.82) is 0 Å². The lowest BCUT2D eigenvalue weighted by molar-refractivity contribution is 1.07. The molecule has 4 aromatic heterocycles. The van der Waals surface area contributed by atoms with E-state index in [1.807, 2.05) is 279 Å². The Morgan fingerprint density at radius 3 is 0.979 bits per heavy atom. The molecule has 0 spiro atoms. The lowest BCUT2D eigenvalue weighted by Crippen LogP contribution is -1.99. The molecule has 0 aliphatic heterocycles. The van der Waals surface area contributed by atoms with Crippen LogP contribution in [0.4, 0.5) is 0 Å². The van der Waals surface area contributed by atoms with Crippen LogP contribution in [0.3, 0.4) is 0 Å². The van der Waals surface area contributed by atoms with E-state index in [2.05, 4.69) is 132 Å². The van der Waals surface area contributed by atoms with Crippen molar-refractivity contribution in [2.24, 2.45) is 0 Å². The van der Waals surface area contributed by atoms with Crippen LogP contribution in [0, 0.1) is 0 Å². The van der Waals surface area contributed by atoms with E-state index in [1.54, 1.807) is 6.20 Å². The SMILES string of the molecule is Brc1ccc(-c2cnc(-c3ccccc3)nc2-c2ccccc2)cc1.Brc1ccc(-c2nc(-c3ccccc3)nc(-c3ccccc3)n2)cc1.Brc1cccc(-c2cc(-c3ccccc3)nc(-c3ccccc3)n2)c1.Brc1cccc(-c2nccc(-c3ccccc3)n2)c1. The molecule has 94 heavy (non-hydrogen) atoms. The van der Waals surface area contributed by atoms with Crippen molar-refractivity contribution in [3.63, 3.8) is 0 Å². The number of hydrogen-bond donors (Lipinski definition) is 0. The quantitative estimate of drug-likeness (QED) is 0.125. The van der Waals surface area contributed by atoms with E-state index < -0.39 is 0 Å². The number of benzene rings is 11. The van der Waals surface area contributed by atoms with Gasteiger partial charge in [-0.25, -0.2) is 44.9 Å².